The van der Waals surface area contributed by atoms with E-state index in [0.717, 1.165) is 0 Å². The molecule has 1 heterocycles. The zero-order valence-corrected chi connectivity index (χ0v) is 7.38. The molecule has 7 nitrogen and oxygen atoms in total. The van der Waals surface area contributed by atoms with Crippen LogP contribution in [0, 0.1) is 17.0 Å². The molecule has 0 spiro atoms. The van der Waals surface area contributed by atoms with Crippen molar-refractivity contribution in [3.8, 4) is 0 Å². The van der Waals surface area contributed by atoms with E-state index in [1.807, 2.05) is 0 Å². The lowest BCUT2D eigenvalue weighted by Gasteiger charge is -1.95. The molecule has 1 rings (SSSR count). The lowest BCUT2D eigenvalue weighted by molar-refractivity contribution is -0.384. The van der Waals surface area contributed by atoms with Gasteiger partial charge in [-0.1, -0.05) is 0 Å². The average molecular weight is 199 g/mol. The smallest absolute Gasteiger partial charge is 0.311 e. The number of hydrogen-bond acceptors (Lipinski definition) is 5. The number of hydrogen-bond donors (Lipinski definition) is 2. The first-order valence-corrected chi connectivity index (χ1v) is 3.48. The van der Waals surface area contributed by atoms with Crippen LogP contribution in [0.2, 0.25) is 0 Å². The Bertz CT molecular complexity index is 340. The van der Waals surface area contributed by atoms with E-state index in [0.29, 0.717) is 5.69 Å². The predicted octanol–water partition coefficient (Wildman–Crippen LogP) is 0.581. The van der Waals surface area contributed by atoms with Crippen LogP contribution in [0.4, 0.5) is 11.5 Å². The van der Waals surface area contributed by atoms with Gasteiger partial charge in [-0.25, -0.2) is 4.98 Å². The van der Waals surface area contributed by atoms with Crippen LogP contribution in [-0.2, 0) is 4.79 Å². The van der Waals surface area contributed by atoms with Gasteiger partial charge in [0.2, 0.25) is 5.82 Å². The molecular weight excluding hydrogens is 190 g/mol. The average Bonchev–Trinajstić information content (AvgIpc) is 2.04. The minimum Gasteiger partial charge on any atom is -0.483 e. The van der Waals surface area contributed by atoms with Crippen LogP contribution >= 0.6 is 0 Å². The molecule has 0 saturated carbocycles. The molecule has 0 aliphatic rings. The van der Waals surface area contributed by atoms with Gasteiger partial charge in [0.1, 0.15) is 0 Å². The van der Waals surface area contributed by atoms with Crippen molar-refractivity contribution in [2.24, 2.45) is 0 Å². The van der Waals surface area contributed by atoms with Crippen molar-refractivity contribution >= 4 is 18.0 Å². The summed E-state index contributed by atoms with van der Waals surface area (Å²) in [5.41, 5.74) is 5.80. The number of nitro groups is 1. The molecule has 0 amide bonds. The van der Waals surface area contributed by atoms with Gasteiger partial charge >= 0.3 is 5.69 Å². The summed E-state index contributed by atoms with van der Waals surface area (Å²) in [6, 6.07) is 2.90. The van der Waals surface area contributed by atoms with Gasteiger partial charge in [-0.2, -0.15) is 0 Å². The maximum absolute atomic E-state index is 10.2. The number of aromatic nitrogens is 1. The fourth-order valence-corrected chi connectivity index (χ4v) is 0.724. The second-order valence-electron chi connectivity index (χ2n) is 2.22. The molecule has 3 N–H and O–H groups in total. The molecule has 0 unspecified atom stereocenters. The van der Waals surface area contributed by atoms with E-state index in [-0.39, 0.29) is 18.0 Å². The zero-order valence-electron chi connectivity index (χ0n) is 7.38. The molecule has 0 aromatic carbocycles. The Morgan fingerprint density at radius 3 is 2.50 bits per heavy atom. The molecule has 0 aliphatic carbocycles. The quantitative estimate of drug-likeness (QED) is 0.388. The van der Waals surface area contributed by atoms with E-state index in [9.17, 15) is 10.1 Å². The van der Waals surface area contributed by atoms with E-state index in [2.05, 4.69) is 4.98 Å². The molecule has 0 atom stereocenters. The van der Waals surface area contributed by atoms with Gasteiger partial charge in [-0.3, -0.25) is 14.9 Å². The number of nitrogens with two attached hydrogens (primary N) is 1. The van der Waals surface area contributed by atoms with Gasteiger partial charge in [-0.05, 0) is 13.0 Å². The summed E-state index contributed by atoms with van der Waals surface area (Å²) in [7, 11) is 0. The third kappa shape index (κ3) is 3.48. The Labute approximate surface area is 79.3 Å². The third-order valence-electron chi connectivity index (χ3n) is 1.24. The first kappa shape index (κ1) is 11.8. The van der Waals surface area contributed by atoms with E-state index in [1.54, 1.807) is 13.0 Å². The Balaban J connectivity index is 0.000000500. The Morgan fingerprint density at radius 1 is 1.64 bits per heavy atom. The highest BCUT2D eigenvalue weighted by Gasteiger charge is 2.10. The van der Waals surface area contributed by atoms with Crippen molar-refractivity contribution in [2.45, 2.75) is 6.92 Å². The lowest BCUT2D eigenvalue weighted by Crippen LogP contribution is -1.98. The van der Waals surface area contributed by atoms with Gasteiger partial charge in [0.05, 0.1) is 4.92 Å². The number of rotatable bonds is 1. The monoisotopic (exact) mass is 199 g/mol. The largest absolute Gasteiger partial charge is 0.483 e. The van der Waals surface area contributed by atoms with Gasteiger partial charge in [0.25, 0.3) is 6.47 Å². The maximum atomic E-state index is 10.2. The van der Waals surface area contributed by atoms with Crippen LogP contribution in [-0.4, -0.2) is 21.5 Å². The molecule has 76 valence electrons. The van der Waals surface area contributed by atoms with Gasteiger partial charge in [-0.15, -0.1) is 0 Å². The van der Waals surface area contributed by atoms with Crippen LogP contribution in [0.3, 0.4) is 0 Å². The second-order valence-corrected chi connectivity index (χ2v) is 2.22. The van der Waals surface area contributed by atoms with Gasteiger partial charge < -0.3 is 10.8 Å². The standard InChI is InChI=1S/C6H7N3O2.CH2O2/c1-4-2-3-5(9(10)11)6(7)8-4;2-1-3/h2-3H,1H3,(H2,7,8);1H,(H,2,3). The number of carbonyl (C=O) groups is 1. The van der Waals surface area contributed by atoms with Gasteiger partial charge in [0, 0.05) is 11.8 Å². The third-order valence-corrected chi connectivity index (χ3v) is 1.24. The molecule has 1 aromatic rings. The first-order chi connectivity index (χ1) is 6.52. The van der Waals surface area contributed by atoms with Crippen molar-refractivity contribution in [1.82, 2.24) is 4.98 Å². The fraction of sp³-hybridized carbons (Fsp3) is 0.143. The van der Waals surface area contributed by atoms with Crippen molar-refractivity contribution < 1.29 is 14.8 Å². The van der Waals surface area contributed by atoms with Crippen LogP contribution < -0.4 is 5.73 Å². The Morgan fingerprint density at radius 2 is 2.14 bits per heavy atom. The summed E-state index contributed by atoms with van der Waals surface area (Å²) in [5, 5.41) is 17.1. The highest BCUT2D eigenvalue weighted by Crippen LogP contribution is 2.17. The summed E-state index contributed by atoms with van der Waals surface area (Å²) in [4.78, 5) is 21.8. The normalized spacial score (nSPS) is 8.36. The molecule has 0 bridgehead atoms. The van der Waals surface area contributed by atoms with Crippen LogP contribution in [0.25, 0.3) is 0 Å². The molecule has 1 aromatic heterocycles. The fourth-order valence-electron chi connectivity index (χ4n) is 0.724. The Hall–Kier alpha value is -2.18. The van der Waals surface area contributed by atoms with E-state index < -0.39 is 4.92 Å². The molecule has 0 saturated heterocycles. The van der Waals surface area contributed by atoms with Crippen LogP contribution in [0.5, 0.6) is 0 Å². The summed E-state index contributed by atoms with van der Waals surface area (Å²) >= 11 is 0. The molecule has 0 aliphatic heterocycles. The summed E-state index contributed by atoms with van der Waals surface area (Å²) in [6.45, 7) is 1.47. The maximum Gasteiger partial charge on any atom is 0.311 e. The molecule has 0 radical (unpaired) electrons. The first-order valence-electron chi connectivity index (χ1n) is 3.48. The van der Waals surface area contributed by atoms with Crippen LogP contribution in [0.1, 0.15) is 5.69 Å². The molecular formula is C7H9N3O4. The summed E-state index contributed by atoms with van der Waals surface area (Å²) in [6.07, 6.45) is 0. The SMILES string of the molecule is Cc1ccc([N+](=O)[O-])c(N)n1.O=CO. The van der Waals surface area contributed by atoms with Crippen molar-refractivity contribution in [3.63, 3.8) is 0 Å². The molecule has 14 heavy (non-hydrogen) atoms. The van der Waals surface area contributed by atoms with E-state index in [1.165, 1.54) is 6.07 Å². The predicted molar refractivity (Wildman–Crippen MR) is 48.7 cm³/mol. The Kier molecular flexibility index (Phi) is 4.61. The minimum absolute atomic E-state index is 0.0324. The molecule has 7 heteroatoms. The van der Waals surface area contributed by atoms with Crippen molar-refractivity contribution in [1.29, 1.82) is 0 Å². The van der Waals surface area contributed by atoms with Crippen molar-refractivity contribution in [3.05, 3.63) is 27.9 Å². The number of anilines is 1. The van der Waals surface area contributed by atoms with E-state index >= 15 is 0 Å². The van der Waals surface area contributed by atoms with Crippen molar-refractivity contribution in [2.75, 3.05) is 5.73 Å². The number of nitrogen functional groups attached to an aromatic ring is 1. The van der Waals surface area contributed by atoms with Crippen LogP contribution in [0.15, 0.2) is 12.1 Å². The highest BCUT2D eigenvalue weighted by molar-refractivity contribution is 5.52. The summed E-state index contributed by atoms with van der Waals surface area (Å²) in [5.74, 6) is -0.0324. The zero-order chi connectivity index (χ0) is 11.1. The number of nitrogens with zero attached hydrogens (tertiary/aromatic N) is 2. The summed E-state index contributed by atoms with van der Waals surface area (Å²) < 4.78 is 0. The van der Waals surface area contributed by atoms with Gasteiger partial charge in [0.15, 0.2) is 0 Å². The number of aryl methyl sites for hydroxylation is 1. The minimum atomic E-state index is -0.554. The number of pyridine rings is 1. The second kappa shape index (κ2) is 5.46. The highest BCUT2D eigenvalue weighted by atomic mass is 16.6. The molecule has 0 fully saturated rings. The topological polar surface area (TPSA) is 119 Å². The van der Waals surface area contributed by atoms with E-state index in [4.69, 9.17) is 15.6 Å². The lowest BCUT2D eigenvalue weighted by atomic mass is 10.3. The number of carboxylic acid groups (broad SMARTS) is 1.